The maximum absolute atomic E-state index is 9.80. The van der Waals surface area contributed by atoms with Crippen LogP contribution in [0.2, 0.25) is 0 Å². The van der Waals surface area contributed by atoms with Crippen LogP contribution < -0.4 is 0 Å². The van der Waals surface area contributed by atoms with Gasteiger partial charge in [0.05, 0.1) is 12.7 Å². The van der Waals surface area contributed by atoms with E-state index < -0.39 is 42.6 Å². The zero-order valence-corrected chi connectivity index (χ0v) is 11.3. The van der Waals surface area contributed by atoms with E-state index in [9.17, 15) is 20.4 Å². The molecular weight excluding hydrogens is 260 g/mol. The molecule has 0 amide bonds. The molecule has 1 saturated heterocycles. The van der Waals surface area contributed by atoms with Crippen LogP contribution in [0.4, 0.5) is 0 Å². The Labute approximate surface area is 111 Å². The van der Waals surface area contributed by atoms with Gasteiger partial charge in [-0.3, -0.25) is 0 Å². The number of aliphatic hydroxyl groups excluding tert-OH is 5. The predicted molar refractivity (Wildman–Crippen MR) is 67.1 cm³/mol. The summed E-state index contributed by atoms with van der Waals surface area (Å²) in [7, 11) is 0. The maximum atomic E-state index is 9.80. The Bertz CT molecular complexity index is 250. The molecule has 0 spiro atoms. The first kappa shape index (κ1) is 16.2. The molecule has 0 bridgehead atoms. The van der Waals surface area contributed by atoms with Gasteiger partial charge in [0.1, 0.15) is 29.9 Å². The van der Waals surface area contributed by atoms with Gasteiger partial charge in [-0.15, -0.1) is 11.8 Å². The highest BCUT2D eigenvalue weighted by Crippen LogP contribution is 2.32. The van der Waals surface area contributed by atoms with Crippen molar-refractivity contribution in [2.24, 2.45) is 0 Å². The standard InChI is InChI=1S/C11H22O6S/c1-5(13)3-6(2)18-11-10(16)9(15)8(14)7(4-12)17-11/h5-16H,3-4H2,1-2H3/t5?,6?,7-,8+,9+,10-,11+/m1/s1. The van der Waals surface area contributed by atoms with Crippen LogP contribution in [0, 0.1) is 0 Å². The third kappa shape index (κ3) is 4.06. The first-order chi connectivity index (χ1) is 8.36. The first-order valence-corrected chi connectivity index (χ1v) is 6.95. The van der Waals surface area contributed by atoms with Crippen molar-refractivity contribution in [2.45, 2.75) is 61.5 Å². The van der Waals surface area contributed by atoms with Gasteiger partial charge in [-0.05, 0) is 13.3 Å². The van der Waals surface area contributed by atoms with Crippen LogP contribution in [-0.2, 0) is 4.74 Å². The lowest BCUT2D eigenvalue weighted by atomic mass is 10.0. The number of hydrogen-bond donors (Lipinski definition) is 5. The van der Waals surface area contributed by atoms with E-state index in [1.54, 1.807) is 6.92 Å². The summed E-state index contributed by atoms with van der Waals surface area (Å²) in [5, 5.41) is 47.3. The van der Waals surface area contributed by atoms with Gasteiger partial charge < -0.3 is 30.3 Å². The molecule has 0 radical (unpaired) electrons. The Morgan fingerprint density at radius 3 is 2.22 bits per heavy atom. The number of hydrogen-bond acceptors (Lipinski definition) is 7. The summed E-state index contributed by atoms with van der Waals surface area (Å²) < 4.78 is 5.35. The van der Waals surface area contributed by atoms with E-state index in [0.717, 1.165) is 0 Å². The topological polar surface area (TPSA) is 110 Å². The molecule has 2 unspecified atom stereocenters. The van der Waals surface area contributed by atoms with E-state index in [1.165, 1.54) is 11.8 Å². The molecule has 1 aliphatic rings. The van der Waals surface area contributed by atoms with E-state index in [0.29, 0.717) is 6.42 Å². The zero-order valence-electron chi connectivity index (χ0n) is 10.5. The van der Waals surface area contributed by atoms with Crippen molar-refractivity contribution in [3.05, 3.63) is 0 Å². The van der Waals surface area contributed by atoms with E-state index >= 15 is 0 Å². The summed E-state index contributed by atoms with van der Waals surface area (Å²) in [5.74, 6) is 0. The summed E-state index contributed by atoms with van der Waals surface area (Å²) in [6, 6.07) is 0. The Balaban J connectivity index is 2.58. The zero-order chi connectivity index (χ0) is 13.9. The molecule has 1 heterocycles. The Morgan fingerprint density at radius 1 is 1.11 bits per heavy atom. The third-order valence-electron chi connectivity index (χ3n) is 2.89. The SMILES string of the molecule is CC(O)CC(C)S[C@@H]1O[C@H](CO)[C@H](O)[C@H](O)[C@H]1O. The molecule has 6 nitrogen and oxygen atoms in total. The fraction of sp³-hybridized carbons (Fsp3) is 1.00. The summed E-state index contributed by atoms with van der Waals surface area (Å²) in [6.07, 6.45) is -4.69. The molecule has 1 fully saturated rings. The van der Waals surface area contributed by atoms with E-state index in [4.69, 9.17) is 9.84 Å². The van der Waals surface area contributed by atoms with Gasteiger partial charge >= 0.3 is 0 Å². The summed E-state index contributed by atoms with van der Waals surface area (Å²) in [4.78, 5) is 0. The normalized spacial score (nSPS) is 40.5. The largest absolute Gasteiger partial charge is 0.394 e. The second-order valence-corrected chi connectivity index (χ2v) is 6.27. The van der Waals surface area contributed by atoms with Crippen LogP contribution in [0.5, 0.6) is 0 Å². The lowest BCUT2D eigenvalue weighted by molar-refractivity contribution is -0.205. The number of rotatable bonds is 5. The van der Waals surface area contributed by atoms with Gasteiger partial charge in [-0.2, -0.15) is 0 Å². The quantitative estimate of drug-likeness (QED) is 0.425. The van der Waals surface area contributed by atoms with Crippen molar-refractivity contribution in [1.29, 1.82) is 0 Å². The van der Waals surface area contributed by atoms with Crippen LogP contribution >= 0.6 is 11.8 Å². The molecule has 0 aromatic heterocycles. The first-order valence-electron chi connectivity index (χ1n) is 6.00. The lowest BCUT2D eigenvalue weighted by Crippen LogP contribution is -2.57. The fourth-order valence-corrected chi connectivity index (χ4v) is 3.32. The monoisotopic (exact) mass is 282 g/mol. The highest BCUT2D eigenvalue weighted by atomic mass is 32.2. The van der Waals surface area contributed by atoms with Crippen molar-refractivity contribution in [1.82, 2.24) is 0 Å². The van der Waals surface area contributed by atoms with Gasteiger partial charge in [0.25, 0.3) is 0 Å². The molecule has 1 rings (SSSR count). The van der Waals surface area contributed by atoms with Crippen LogP contribution in [-0.4, -0.2) is 73.3 Å². The minimum Gasteiger partial charge on any atom is -0.394 e. The van der Waals surface area contributed by atoms with Crippen molar-refractivity contribution in [3.8, 4) is 0 Å². The number of aliphatic hydroxyl groups is 5. The van der Waals surface area contributed by atoms with Crippen LogP contribution in [0.15, 0.2) is 0 Å². The minimum atomic E-state index is -1.34. The molecule has 7 atom stereocenters. The van der Waals surface area contributed by atoms with Gasteiger partial charge in [0.15, 0.2) is 0 Å². The van der Waals surface area contributed by atoms with Crippen molar-refractivity contribution in [3.63, 3.8) is 0 Å². The lowest BCUT2D eigenvalue weighted by Gasteiger charge is -2.40. The molecule has 0 aromatic carbocycles. The molecule has 0 saturated carbocycles. The highest BCUT2D eigenvalue weighted by molar-refractivity contribution is 8.00. The van der Waals surface area contributed by atoms with Crippen LogP contribution in [0.1, 0.15) is 20.3 Å². The second-order valence-electron chi connectivity index (χ2n) is 4.73. The molecule has 7 heteroatoms. The molecule has 108 valence electrons. The summed E-state index contributed by atoms with van der Waals surface area (Å²) in [5.41, 5.74) is -0.728. The Morgan fingerprint density at radius 2 is 1.72 bits per heavy atom. The second kappa shape index (κ2) is 7.04. The molecule has 0 aromatic rings. The van der Waals surface area contributed by atoms with Crippen LogP contribution in [0.3, 0.4) is 0 Å². The van der Waals surface area contributed by atoms with Crippen LogP contribution in [0.25, 0.3) is 0 Å². The van der Waals surface area contributed by atoms with Gasteiger partial charge in [-0.25, -0.2) is 0 Å². The number of ether oxygens (including phenoxy) is 1. The molecule has 5 N–H and O–H groups in total. The van der Waals surface area contributed by atoms with E-state index in [2.05, 4.69) is 0 Å². The Kier molecular flexibility index (Phi) is 6.32. The molecule has 1 aliphatic heterocycles. The smallest absolute Gasteiger partial charge is 0.132 e. The molecule has 18 heavy (non-hydrogen) atoms. The van der Waals surface area contributed by atoms with Gasteiger partial charge in [0, 0.05) is 5.25 Å². The average Bonchev–Trinajstić information content (AvgIpc) is 2.29. The van der Waals surface area contributed by atoms with Crippen molar-refractivity contribution < 1.29 is 30.3 Å². The summed E-state index contributed by atoms with van der Waals surface area (Å²) in [6.45, 7) is 3.12. The predicted octanol–water partition coefficient (Wildman–Crippen LogP) is -1.32. The average molecular weight is 282 g/mol. The molecular formula is C11H22O6S. The van der Waals surface area contributed by atoms with Gasteiger partial charge in [-0.1, -0.05) is 6.92 Å². The maximum Gasteiger partial charge on any atom is 0.132 e. The third-order valence-corrected chi connectivity index (χ3v) is 4.20. The highest BCUT2D eigenvalue weighted by Gasteiger charge is 2.44. The fourth-order valence-electron chi connectivity index (χ4n) is 1.94. The van der Waals surface area contributed by atoms with Crippen molar-refractivity contribution >= 4 is 11.8 Å². The van der Waals surface area contributed by atoms with Crippen molar-refractivity contribution in [2.75, 3.05) is 6.61 Å². The Hall–Kier alpha value is 0.110. The summed E-state index contributed by atoms with van der Waals surface area (Å²) >= 11 is 1.27. The van der Waals surface area contributed by atoms with E-state index in [1.807, 2.05) is 6.92 Å². The van der Waals surface area contributed by atoms with Gasteiger partial charge in [0.2, 0.25) is 0 Å². The molecule has 0 aliphatic carbocycles. The minimum absolute atomic E-state index is 0.0198. The number of thioether (sulfide) groups is 1. The van der Waals surface area contributed by atoms with E-state index in [-0.39, 0.29) is 5.25 Å².